The molecule has 21 heavy (non-hydrogen) atoms. The Morgan fingerprint density at radius 1 is 1.29 bits per heavy atom. The van der Waals surface area contributed by atoms with E-state index in [9.17, 15) is 0 Å². The van der Waals surface area contributed by atoms with Crippen molar-refractivity contribution in [3.63, 3.8) is 0 Å². The molecule has 0 unspecified atom stereocenters. The molecular formula is C15H19BrN4O. The Hall–Kier alpha value is -1.66. The van der Waals surface area contributed by atoms with Crippen molar-refractivity contribution in [2.24, 2.45) is 5.84 Å². The summed E-state index contributed by atoms with van der Waals surface area (Å²) in [6.07, 6.45) is 2.67. The molecule has 0 bridgehead atoms. The maximum absolute atomic E-state index is 5.76. The van der Waals surface area contributed by atoms with E-state index in [2.05, 4.69) is 64.2 Å². The van der Waals surface area contributed by atoms with Gasteiger partial charge in [0.2, 0.25) is 11.8 Å². The molecule has 0 amide bonds. The lowest BCUT2D eigenvalue weighted by molar-refractivity contribution is 0.456. The largest absolute Gasteiger partial charge is 0.438 e. The summed E-state index contributed by atoms with van der Waals surface area (Å²) in [7, 11) is 0. The highest BCUT2D eigenvalue weighted by Crippen LogP contribution is 2.31. The van der Waals surface area contributed by atoms with Crippen LogP contribution < -0.4 is 16.0 Å². The molecule has 5 nitrogen and oxygen atoms in total. The van der Waals surface area contributed by atoms with E-state index >= 15 is 0 Å². The second-order valence-corrected chi connectivity index (χ2v) is 6.21. The standard InChI is InChI=1S/C15H19BrN4O/c1-4-15(2,3)10-5-7-11(8-6-10)21-13-12(16)9-18-14(19-13)20-17/h5-9H,4,17H2,1-3H3,(H,18,19,20). The van der Waals surface area contributed by atoms with Crippen molar-refractivity contribution in [2.75, 3.05) is 5.43 Å². The summed E-state index contributed by atoms with van der Waals surface area (Å²) in [5, 5.41) is 0. The van der Waals surface area contributed by atoms with Gasteiger partial charge in [-0.15, -0.1) is 0 Å². The monoisotopic (exact) mass is 350 g/mol. The van der Waals surface area contributed by atoms with E-state index in [1.54, 1.807) is 6.20 Å². The number of rotatable bonds is 5. The van der Waals surface area contributed by atoms with Crippen LogP contribution in [-0.4, -0.2) is 9.97 Å². The molecule has 0 spiro atoms. The molecule has 0 aliphatic carbocycles. The average molecular weight is 351 g/mol. The maximum Gasteiger partial charge on any atom is 0.240 e. The van der Waals surface area contributed by atoms with E-state index in [1.165, 1.54) is 5.56 Å². The predicted molar refractivity (Wildman–Crippen MR) is 87.4 cm³/mol. The molecule has 0 aliphatic heterocycles. The van der Waals surface area contributed by atoms with Crippen molar-refractivity contribution in [3.05, 3.63) is 40.5 Å². The summed E-state index contributed by atoms with van der Waals surface area (Å²) >= 11 is 3.36. The summed E-state index contributed by atoms with van der Waals surface area (Å²) < 4.78 is 6.43. The molecule has 3 N–H and O–H groups in total. The number of hydrogen-bond donors (Lipinski definition) is 2. The summed E-state index contributed by atoms with van der Waals surface area (Å²) in [5.74, 6) is 6.73. The van der Waals surface area contributed by atoms with Crippen LogP contribution in [0.5, 0.6) is 11.6 Å². The molecule has 1 aromatic heterocycles. The molecule has 2 rings (SSSR count). The molecule has 0 aliphatic rings. The first-order chi connectivity index (χ1) is 9.96. The third kappa shape index (κ3) is 3.71. The van der Waals surface area contributed by atoms with Crippen molar-refractivity contribution < 1.29 is 4.74 Å². The minimum absolute atomic E-state index is 0.157. The number of nitrogens with two attached hydrogens (primary N) is 1. The molecule has 0 atom stereocenters. The van der Waals surface area contributed by atoms with Crippen LogP contribution in [0, 0.1) is 0 Å². The van der Waals surface area contributed by atoms with Crippen LogP contribution in [0.4, 0.5) is 5.95 Å². The van der Waals surface area contributed by atoms with Gasteiger partial charge in [-0.25, -0.2) is 10.8 Å². The van der Waals surface area contributed by atoms with Gasteiger partial charge in [0.05, 0.1) is 10.7 Å². The van der Waals surface area contributed by atoms with Gasteiger partial charge in [-0.1, -0.05) is 32.9 Å². The van der Waals surface area contributed by atoms with Crippen LogP contribution in [0.3, 0.4) is 0 Å². The Labute approximate surface area is 133 Å². The number of anilines is 1. The second kappa shape index (κ2) is 6.41. The Morgan fingerprint density at radius 3 is 2.52 bits per heavy atom. The van der Waals surface area contributed by atoms with E-state index in [0.29, 0.717) is 22.1 Å². The minimum Gasteiger partial charge on any atom is -0.438 e. The SMILES string of the molecule is CCC(C)(C)c1ccc(Oc2nc(NN)ncc2Br)cc1. The van der Waals surface area contributed by atoms with E-state index in [4.69, 9.17) is 10.6 Å². The Kier molecular flexibility index (Phi) is 4.80. The van der Waals surface area contributed by atoms with Gasteiger partial charge in [-0.3, -0.25) is 5.43 Å². The van der Waals surface area contributed by atoms with Gasteiger partial charge < -0.3 is 4.74 Å². The third-order valence-corrected chi connectivity index (χ3v) is 4.12. The second-order valence-electron chi connectivity index (χ2n) is 5.35. The summed E-state index contributed by atoms with van der Waals surface area (Å²) in [6.45, 7) is 6.63. The molecule has 112 valence electrons. The molecule has 0 saturated carbocycles. The fourth-order valence-corrected chi connectivity index (χ4v) is 2.05. The van der Waals surface area contributed by atoms with Crippen molar-refractivity contribution in [2.45, 2.75) is 32.6 Å². The first kappa shape index (κ1) is 15.7. The molecule has 2 aromatic rings. The molecular weight excluding hydrogens is 332 g/mol. The molecule has 1 aromatic carbocycles. The fourth-order valence-electron chi connectivity index (χ4n) is 1.78. The van der Waals surface area contributed by atoms with Crippen LogP contribution in [0.1, 0.15) is 32.8 Å². The van der Waals surface area contributed by atoms with E-state index in [0.717, 1.165) is 6.42 Å². The van der Waals surface area contributed by atoms with Gasteiger partial charge in [0, 0.05) is 0 Å². The minimum atomic E-state index is 0.157. The molecule has 0 radical (unpaired) electrons. The first-order valence-corrected chi connectivity index (χ1v) is 7.53. The zero-order valence-corrected chi connectivity index (χ0v) is 13.9. The average Bonchev–Trinajstić information content (AvgIpc) is 2.50. The Bertz CT molecular complexity index is 614. The van der Waals surface area contributed by atoms with E-state index < -0.39 is 0 Å². The Balaban J connectivity index is 2.21. The lowest BCUT2D eigenvalue weighted by Crippen LogP contribution is -2.14. The topological polar surface area (TPSA) is 73.1 Å². The summed E-state index contributed by atoms with van der Waals surface area (Å²) in [6, 6.07) is 8.04. The number of nitrogen functional groups attached to an aromatic ring is 1. The number of aromatic nitrogens is 2. The molecule has 0 saturated heterocycles. The van der Waals surface area contributed by atoms with Crippen LogP contribution in [0.2, 0.25) is 0 Å². The van der Waals surface area contributed by atoms with Crippen LogP contribution >= 0.6 is 15.9 Å². The highest BCUT2D eigenvalue weighted by atomic mass is 79.9. The van der Waals surface area contributed by atoms with Crippen molar-refractivity contribution >= 4 is 21.9 Å². The van der Waals surface area contributed by atoms with Crippen molar-refractivity contribution in [3.8, 4) is 11.6 Å². The van der Waals surface area contributed by atoms with Crippen molar-refractivity contribution in [1.82, 2.24) is 9.97 Å². The summed E-state index contributed by atoms with van der Waals surface area (Å²) in [5.41, 5.74) is 3.83. The van der Waals surface area contributed by atoms with Gasteiger partial charge in [0.15, 0.2) is 0 Å². The summed E-state index contributed by atoms with van der Waals surface area (Å²) in [4.78, 5) is 8.14. The normalized spacial score (nSPS) is 11.3. The highest BCUT2D eigenvalue weighted by Gasteiger charge is 2.17. The number of benzene rings is 1. The van der Waals surface area contributed by atoms with Gasteiger partial charge in [0.1, 0.15) is 5.75 Å². The van der Waals surface area contributed by atoms with Crippen molar-refractivity contribution in [1.29, 1.82) is 0 Å². The number of hydrazine groups is 1. The third-order valence-electron chi connectivity index (χ3n) is 3.58. The smallest absolute Gasteiger partial charge is 0.240 e. The highest BCUT2D eigenvalue weighted by molar-refractivity contribution is 9.10. The van der Waals surface area contributed by atoms with E-state index in [-0.39, 0.29) is 5.41 Å². The number of hydrogen-bond acceptors (Lipinski definition) is 5. The lowest BCUT2D eigenvalue weighted by Gasteiger charge is -2.23. The number of nitrogens with one attached hydrogen (secondary N) is 1. The maximum atomic E-state index is 5.76. The molecule has 0 fully saturated rings. The van der Waals surface area contributed by atoms with Gasteiger partial charge in [-0.2, -0.15) is 4.98 Å². The first-order valence-electron chi connectivity index (χ1n) is 6.74. The number of halogens is 1. The van der Waals surface area contributed by atoms with Crippen LogP contribution in [0.15, 0.2) is 34.9 Å². The van der Waals surface area contributed by atoms with Gasteiger partial charge in [0.25, 0.3) is 0 Å². The Morgan fingerprint density at radius 2 is 1.95 bits per heavy atom. The van der Waals surface area contributed by atoms with Crippen LogP contribution in [0.25, 0.3) is 0 Å². The zero-order valence-electron chi connectivity index (χ0n) is 12.4. The van der Waals surface area contributed by atoms with Gasteiger partial charge >= 0.3 is 0 Å². The zero-order chi connectivity index (χ0) is 15.5. The molecule has 6 heteroatoms. The number of ether oxygens (including phenoxy) is 1. The lowest BCUT2D eigenvalue weighted by atomic mass is 9.82. The quantitative estimate of drug-likeness (QED) is 0.629. The van der Waals surface area contributed by atoms with Gasteiger partial charge in [-0.05, 0) is 45.5 Å². The van der Waals surface area contributed by atoms with Crippen LogP contribution in [-0.2, 0) is 5.41 Å². The van der Waals surface area contributed by atoms with E-state index in [1.807, 2.05) is 12.1 Å². The number of nitrogens with zero attached hydrogens (tertiary/aromatic N) is 2. The molecule has 1 heterocycles. The predicted octanol–water partition coefficient (Wildman–Crippen LogP) is 4.00. The fraction of sp³-hybridized carbons (Fsp3) is 0.333.